The van der Waals surface area contributed by atoms with Crippen molar-refractivity contribution in [3.63, 3.8) is 0 Å². The number of esters is 1. The molecule has 0 aromatic heterocycles. The van der Waals surface area contributed by atoms with Gasteiger partial charge >= 0.3 is 11.9 Å². The number of aliphatic carboxylic acids is 1. The number of rotatable bonds is 24. The minimum Gasteiger partial charge on any atom is -0.481 e. The number of carbonyl (C=O) groups is 2. The van der Waals surface area contributed by atoms with E-state index in [0.717, 1.165) is 38.5 Å². The Labute approximate surface area is 198 Å². The van der Waals surface area contributed by atoms with E-state index in [1.165, 1.54) is 77.0 Å². The smallest absolute Gasteiger partial charge is 0.307 e. The minimum absolute atomic E-state index is 0.0757. The SMILES string of the molecule is CCCCCC/C=C\CCCCCCCC(=O)OC(CCCCCCCCC)CC(=O)O. The molecular formula is C28H52O4. The van der Waals surface area contributed by atoms with Crippen LogP contribution in [-0.4, -0.2) is 23.1 Å². The predicted octanol–water partition coefficient (Wildman–Crippen LogP) is 8.77. The van der Waals surface area contributed by atoms with Crippen molar-refractivity contribution in [1.82, 2.24) is 0 Å². The molecule has 4 nitrogen and oxygen atoms in total. The first kappa shape index (κ1) is 30.7. The van der Waals surface area contributed by atoms with Gasteiger partial charge in [0.15, 0.2) is 0 Å². The first-order chi connectivity index (χ1) is 15.6. The molecular weight excluding hydrogens is 400 g/mol. The van der Waals surface area contributed by atoms with Gasteiger partial charge < -0.3 is 9.84 Å². The molecule has 0 aliphatic rings. The third kappa shape index (κ3) is 23.3. The van der Waals surface area contributed by atoms with Crippen LogP contribution in [0.15, 0.2) is 12.2 Å². The summed E-state index contributed by atoms with van der Waals surface area (Å²) in [6.45, 7) is 4.45. The van der Waals surface area contributed by atoms with Gasteiger partial charge in [0.1, 0.15) is 6.10 Å². The van der Waals surface area contributed by atoms with E-state index >= 15 is 0 Å². The molecule has 0 fully saturated rings. The molecule has 0 aliphatic carbocycles. The zero-order valence-electron chi connectivity index (χ0n) is 21.3. The fraction of sp³-hybridized carbons (Fsp3) is 0.857. The number of hydrogen-bond donors (Lipinski definition) is 1. The maximum Gasteiger partial charge on any atom is 0.307 e. The number of unbranched alkanes of at least 4 members (excludes halogenated alkanes) is 15. The molecule has 0 radical (unpaired) electrons. The van der Waals surface area contributed by atoms with Crippen LogP contribution in [0.5, 0.6) is 0 Å². The molecule has 1 unspecified atom stereocenters. The predicted molar refractivity (Wildman–Crippen MR) is 135 cm³/mol. The van der Waals surface area contributed by atoms with Crippen LogP contribution in [0.1, 0.15) is 149 Å². The molecule has 0 rings (SSSR count). The van der Waals surface area contributed by atoms with Crippen LogP contribution in [0.2, 0.25) is 0 Å². The van der Waals surface area contributed by atoms with Gasteiger partial charge in [0.25, 0.3) is 0 Å². The zero-order chi connectivity index (χ0) is 23.7. The van der Waals surface area contributed by atoms with Gasteiger partial charge in [-0.3, -0.25) is 9.59 Å². The van der Waals surface area contributed by atoms with Gasteiger partial charge in [0.05, 0.1) is 6.42 Å². The average Bonchev–Trinajstić information content (AvgIpc) is 2.75. The van der Waals surface area contributed by atoms with E-state index in [0.29, 0.717) is 12.8 Å². The normalized spacial score (nSPS) is 12.3. The van der Waals surface area contributed by atoms with Crippen molar-refractivity contribution in [2.75, 3.05) is 0 Å². The number of carbonyl (C=O) groups excluding carboxylic acids is 1. The Balaban J connectivity index is 3.72. The summed E-state index contributed by atoms with van der Waals surface area (Å²) in [5.41, 5.74) is 0. The summed E-state index contributed by atoms with van der Waals surface area (Å²) in [5, 5.41) is 9.10. The molecule has 32 heavy (non-hydrogen) atoms. The second kappa shape index (κ2) is 24.3. The molecule has 0 amide bonds. The van der Waals surface area contributed by atoms with E-state index < -0.39 is 12.1 Å². The van der Waals surface area contributed by atoms with Crippen molar-refractivity contribution >= 4 is 11.9 Å². The van der Waals surface area contributed by atoms with Crippen LogP contribution in [0.25, 0.3) is 0 Å². The fourth-order valence-corrected chi connectivity index (χ4v) is 3.96. The second-order valence-corrected chi connectivity index (χ2v) is 9.25. The van der Waals surface area contributed by atoms with Crippen molar-refractivity contribution in [3.8, 4) is 0 Å². The lowest BCUT2D eigenvalue weighted by Gasteiger charge is -2.16. The number of carboxylic acids is 1. The Morgan fingerprint density at radius 2 is 1.16 bits per heavy atom. The minimum atomic E-state index is -0.888. The molecule has 1 N–H and O–H groups in total. The average molecular weight is 453 g/mol. The lowest BCUT2D eigenvalue weighted by atomic mass is 10.0. The largest absolute Gasteiger partial charge is 0.481 e. The van der Waals surface area contributed by atoms with Crippen LogP contribution in [0, 0.1) is 0 Å². The van der Waals surface area contributed by atoms with Crippen molar-refractivity contribution < 1.29 is 19.4 Å². The van der Waals surface area contributed by atoms with E-state index in [1.807, 2.05) is 0 Å². The van der Waals surface area contributed by atoms with Gasteiger partial charge in [-0.1, -0.05) is 103 Å². The van der Waals surface area contributed by atoms with Gasteiger partial charge in [-0.2, -0.15) is 0 Å². The van der Waals surface area contributed by atoms with E-state index in [9.17, 15) is 9.59 Å². The van der Waals surface area contributed by atoms with E-state index in [-0.39, 0.29) is 12.4 Å². The standard InChI is InChI=1S/C28H52O4/c1-3-5-7-9-11-12-13-14-15-16-18-20-22-24-28(31)32-26(25-27(29)30)23-21-19-17-10-8-6-4-2/h12-13,26H,3-11,14-25H2,1-2H3,(H,29,30)/b13-12-. The summed E-state index contributed by atoms with van der Waals surface area (Å²) in [6.07, 6.45) is 26.5. The van der Waals surface area contributed by atoms with Gasteiger partial charge in [-0.05, 0) is 44.9 Å². The molecule has 4 heteroatoms. The highest BCUT2D eigenvalue weighted by Crippen LogP contribution is 2.15. The Kier molecular flexibility index (Phi) is 23.3. The first-order valence-corrected chi connectivity index (χ1v) is 13.7. The van der Waals surface area contributed by atoms with E-state index in [2.05, 4.69) is 26.0 Å². The molecule has 0 bridgehead atoms. The maximum atomic E-state index is 12.1. The monoisotopic (exact) mass is 452 g/mol. The van der Waals surface area contributed by atoms with Gasteiger partial charge in [0, 0.05) is 6.42 Å². The highest BCUT2D eigenvalue weighted by molar-refractivity contribution is 5.71. The van der Waals surface area contributed by atoms with Gasteiger partial charge in [-0.25, -0.2) is 0 Å². The van der Waals surface area contributed by atoms with Crippen molar-refractivity contribution in [1.29, 1.82) is 0 Å². The first-order valence-electron chi connectivity index (χ1n) is 13.7. The molecule has 0 aromatic rings. The number of ether oxygens (including phenoxy) is 1. The summed E-state index contributed by atoms with van der Waals surface area (Å²) in [7, 11) is 0. The third-order valence-corrected chi connectivity index (χ3v) is 5.97. The molecule has 188 valence electrons. The maximum absolute atomic E-state index is 12.1. The molecule has 0 saturated heterocycles. The van der Waals surface area contributed by atoms with E-state index in [1.54, 1.807) is 0 Å². The second-order valence-electron chi connectivity index (χ2n) is 9.25. The van der Waals surface area contributed by atoms with Crippen molar-refractivity contribution in [2.45, 2.75) is 155 Å². The summed E-state index contributed by atoms with van der Waals surface area (Å²) in [6, 6.07) is 0. The van der Waals surface area contributed by atoms with Crippen LogP contribution < -0.4 is 0 Å². The summed E-state index contributed by atoms with van der Waals surface area (Å²) in [5.74, 6) is -1.12. The molecule has 0 aromatic carbocycles. The summed E-state index contributed by atoms with van der Waals surface area (Å²) < 4.78 is 5.48. The number of allylic oxidation sites excluding steroid dienone is 2. The third-order valence-electron chi connectivity index (χ3n) is 5.97. The summed E-state index contributed by atoms with van der Waals surface area (Å²) in [4.78, 5) is 23.2. The Bertz CT molecular complexity index is 458. The lowest BCUT2D eigenvalue weighted by Crippen LogP contribution is -2.21. The molecule has 0 aliphatic heterocycles. The lowest BCUT2D eigenvalue weighted by molar-refractivity contribution is -0.153. The number of carboxylic acid groups (broad SMARTS) is 1. The van der Waals surface area contributed by atoms with Crippen LogP contribution in [-0.2, 0) is 14.3 Å². The van der Waals surface area contributed by atoms with Crippen molar-refractivity contribution in [2.24, 2.45) is 0 Å². The molecule has 0 spiro atoms. The highest BCUT2D eigenvalue weighted by atomic mass is 16.5. The quantitative estimate of drug-likeness (QED) is 0.0902. The van der Waals surface area contributed by atoms with Gasteiger partial charge in [-0.15, -0.1) is 0 Å². The Hall–Kier alpha value is -1.32. The fourth-order valence-electron chi connectivity index (χ4n) is 3.96. The highest BCUT2D eigenvalue weighted by Gasteiger charge is 2.17. The van der Waals surface area contributed by atoms with Crippen LogP contribution in [0.3, 0.4) is 0 Å². The van der Waals surface area contributed by atoms with Crippen molar-refractivity contribution in [3.05, 3.63) is 12.2 Å². The van der Waals surface area contributed by atoms with Gasteiger partial charge in [0.2, 0.25) is 0 Å². The Morgan fingerprint density at radius 3 is 1.72 bits per heavy atom. The Morgan fingerprint density at radius 1 is 0.688 bits per heavy atom. The van der Waals surface area contributed by atoms with Crippen LogP contribution in [0.4, 0.5) is 0 Å². The number of hydrogen-bond acceptors (Lipinski definition) is 3. The zero-order valence-corrected chi connectivity index (χ0v) is 21.3. The molecule has 1 atom stereocenters. The summed E-state index contributed by atoms with van der Waals surface area (Å²) >= 11 is 0. The molecule has 0 heterocycles. The molecule has 0 saturated carbocycles. The topological polar surface area (TPSA) is 63.6 Å². The van der Waals surface area contributed by atoms with E-state index in [4.69, 9.17) is 9.84 Å². The van der Waals surface area contributed by atoms with Crippen LogP contribution >= 0.6 is 0 Å².